The Morgan fingerprint density at radius 2 is 2.00 bits per heavy atom. The highest BCUT2D eigenvalue weighted by Crippen LogP contribution is 2.25. The van der Waals surface area contributed by atoms with Crippen LogP contribution in [0.2, 0.25) is 5.02 Å². The number of halogens is 2. The molecule has 84 valence electrons. The van der Waals surface area contributed by atoms with Crippen LogP contribution in [0.15, 0.2) is 28.8 Å². The lowest BCUT2D eigenvalue weighted by atomic mass is 10.2. The molecular weight excluding hydrogens is 247 g/mol. The summed E-state index contributed by atoms with van der Waals surface area (Å²) < 4.78 is 5.12. The first-order chi connectivity index (χ1) is 7.70. The van der Waals surface area contributed by atoms with E-state index in [1.54, 1.807) is 12.1 Å². The van der Waals surface area contributed by atoms with E-state index in [0.29, 0.717) is 16.7 Å². The molecule has 0 spiro atoms. The van der Waals surface area contributed by atoms with Gasteiger partial charge in [-0.3, -0.25) is 0 Å². The average Bonchev–Trinajstić information content (AvgIpc) is 2.78. The summed E-state index contributed by atoms with van der Waals surface area (Å²) in [7, 11) is 0. The molecule has 1 unspecified atom stereocenters. The van der Waals surface area contributed by atoms with E-state index < -0.39 is 0 Å². The van der Waals surface area contributed by atoms with Crippen molar-refractivity contribution in [3.63, 3.8) is 0 Å². The first-order valence-corrected chi connectivity index (χ1v) is 5.75. The number of rotatable bonds is 3. The van der Waals surface area contributed by atoms with Crippen LogP contribution < -0.4 is 0 Å². The molecule has 0 aliphatic carbocycles. The van der Waals surface area contributed by atoms with Crippen molar-refractivity contribution < 1.29 is 4.52 Å². The molecule has 0 aliphatic heterocycles. The molecule has 2 rings (SSSR count). The third-order valence-corrected chi connectivity index (χ3v) is 2.93. The molecule has 0 aliphatic rings. The van der Waals surface area contributed by atoms with E-state index in [2.05, 4.69) is 10.1 Å². The van der Waals surface area contributed by atoms with Gasteiger partial charge in [0, 0.05) is 10.6 Å². The Morgan fingerprint density at radius 1 is 1.31 bits per heavy atom. The minimum Gasteiger partial charge on any atom is -0.334 e. The first-order valence-electron chi connectivity index (χ1n) is 4.94. The highest BCUT2D eigenvalue weighted by molar-refractivity contribution is 6.30. The Morgan fingerprint density at radius 3 is 2.62 bits per heavy atom. The van der Waals surface area contributed by atoms with Crippen LogP contribution in [0, 0.1) is 0 Å². The molecule has 0 N–H and O–H groups in total. The van der Waals surface area contributed by atoms with Crippen LogP contribution in [0.25, 0.3) is 11.5 Å². The highest BCUT2D eigenvalue weighted by atomic mass is 35.5. The number of alkyl halides is 1. The summed E-state index contributed by atoms with van der Waals surface area (Å²) >= 11 is 11.8. The standard InChI is InChI=1S/C11H10Cl2N2O/c1-2-9(13)10-14-11(16-15-10)7-3-5-8(12)6-4-7/h3-6,9H,2H2,1H3. The molecule has 1 heterocycles. The van der Waals surface area contributed by atoms with Crippen molar-refractivity contribution in [2.24, 2.45) is 0 Å². The van der Waals surface area contributed by atoms with E-state index >= 15 is 0 Å². The fourth-order valence-corrected chi connectivity index (χ4v) is 1.47. The van der Waals surface area contributed by atoms with Crippen molar-refractivity contribution in [2.75, 3.05) is 0 Å². The molecule has 0 radical (unpaired) electrons. The van der Waals surface area contributed by atoms with Gasteiger partial charge in [-0.1, -0.05) is 23.7 Å². The molecule has 3 nitrogen and oxygen atoms in total. The van der Waals surface area contributed by atoms with Gasteiger partial charge in [0.25, 0.3) is 5.89 Å². The molecule has 0 saturated carbocycles. The molecule has 0 amide bonds. The maximum atomic E-state index is 6.01. The Hall–Kier alpha value is -1.06. The second-order valence-electron chi connectivity index (χ2n) is 3.34. The van der Waals surface area contributed by atoms with Crippen molar-refractivity contribution >= 4 is 23.2 Å². The van der Waals surface area contributed by atoms with Crippen LogP contribution in [-0.4, -0.2) is 10.1 Å². The normalized spacial score (nSPS) is 12.7. The van der Waals surface area contributed by atoms with Crippen LogP contribution in [0.5, 0.6) is 0 Å². The van der Waals surface area contributed by atoms with Gasteiger partial charge in [0.1, 0.15) is 0 Å². The molecule has 2 aromatic rings. The van der Waals surface area contributed by atoms with Crippen LogP contribution in [-0.2, 0) is 0 Å². The lowest BCUT2D eigenvalue weighted by Crippen LogP contribution is -1.90. The van der Waals surface area contributed by atoms with Gasteiger partial charge in [-0.25, -0.2) is 0 Å². The predicted octanol–water partition coefficient (Wildman–Crippen LogP) is 4.08. The van der Waals surface area contributed by atoms with Crippen molar-refractivity contribution in [2.45, 2.75) is 18.7 Å². The van der Waals surface area contributed by atoms with Crippen LogP contribution in [0.3, 0.4) is 0 Å². The van der Waals surface area contributed by atoms with Crippen LogP contribution in [0.1, 0.15) is 24.5 Å². The number of hydrogen-bond donors (Lipinski definition) is 0. The Kier molecular flexibility index (Phi) is 3.46. The number of benzene rings is 1. The van der Waals surface area contributed by atoms with Gasteiger partial charge in [0.05, 0.1) is 5.38 Å². The zero-order chi connectivity index (χ0) is 11.5. The lowest BCUT2D eigenvalue weighted by molar-refractivity contribution is 0.421. The van der Waals surface area contributed by atoms with Crippen molar-refractivity contribution in [1.29, 1.82) is 0 Å². The monoisotopic (exact) mass is 256 g/mol. The zero-order valence-electron chi connectivity index (χ0n) is 8.65. The maximum Gasteiger partial charge on any atom is 0.257 e. The number of hydrogen-bond acceptors (Lipinski definition) is 3. The molecule has 0 fully saturated rings. The predicted molar refractivity (Wildman–Crippen MR) is 63.6 cm³/mol. The molecule has 1 aromatic heterocycles. The van der Waals surface area contributed by atoms with E-state index in [-0.39, 0.29) is 5.38 Å². The second kappa shape index (κ2) is 4.85. The average molecular weight is 257 g/mol. The topological polar surface area (TPSA) is 38.9 Å². The molecule has 0 bridgehead atoms. The van der Waals surface area contributed by atoms with E-state index in [9.17, 15) is 0 Å². The molecule has 0 saturated heterocycles. The lowest BCUT2D eigenvalue weighted by Gasteiger charge is -1.96. The van der Waals surface area contributed by atoms with E-state index in [4.69, 9.17) is 27.7 Å². The van der Waals surface area contributed by atoms with Gasteiger partial charge < -0.3 is 4.52 Å². The molecule has 16 heavy (non-hydrogen) atoms. The van der Waals surface area contributed by atoms with Crippen LogP contribution >= 0.6 is 23.2 Å². The Balaban J connectivity index is 2.28. The van der Waals surface area contributed by atoms with E-state index in [1.807, 2.05) is 19.1 Å². The van der Waals surface area contributed by atoms with Gasteiger partial charge in [-0.05, 0) is 30.7 Å². The third kappa shape index (κ3) is 2.36. The summed E-state index contributed by atoms with van der Waals surface area (Å²) in [5.74, 6) is 0.986. The van der Waals surface area contributed by atoms with Crippen molar-refractivity contribution in [3.05, 3.63) is 35.1 Å². The van der Waals surface area contributed by atoms with Crippen molar-refractivity contribution in [3.8, 4) is 11.5 Å². The molecule has 5 heteroatoms. The molecular formula is C11H10Cl2N2O. The summed E-state index contributed by atoms with van der Waals surface area (Å²) in [6.07, 6.45) is 0.765. The first kappa shape index (κ1) is 11.4. The molecule has 1 atom stereocenters. The summed E-state index contributed by atoms with van der Waals surface area (Å²) in [6, 6.07) is 7.21. The summed E-state index contributed by atoms with van der Waals surface area (Å²) in [6.45, 7) is 1.97. The zero-order valence-corrected chi connectivity index (χ0v) is 10.2. The summed E-state index contributed by atoms with van der Waals surface area (Å²) in [4.78, 5) is 4.23. The Bertz CT molecular complexity index is 467. The van der Waals surface area contributed by atoms with E-state index in [0.717, 1.165) is 12.0 Å². The quantitative estimate of drug-likeness (QED) is 0.777. The number of nitrogens with zero attached hydrogens (tertiary/aromatic N) is 2. The SMILES string of the molecule is CCC(Cl)c1noc(-c2ccc(Cl)cc2)n1. The van der Waals surface area contributed by atoms with Gasteiger partial charge in [0.15, 0.2) is 5.82 Å². The summed E-state index contributed by atoms with van der Waals surface area (Å²) in [5.41, 5.74) is 0.836. The fourth-order valence-electron chi connectivity index (χ4n) is 1.25. The largest absolute Gasteiger partial charge is 0.334 e. The minimum atomic E-state index is -0.204. The maximum absolute atomic E-state index is 6.01. The highest BCUT2D eigenvalue weighted by Gasteiger charge is 2.14. The minimum absolute atomic E-state index is 0.204. The van der Waals surface area contributed by atoms with E-state index in [1.165, 1.54) is 0 Å². The summed E-state index contributed by atoms with van der Waals surface area (Å²) in [5, 5.41) is 4.30. The van der Waals surface area contributed by atoms with Gasteiger partial charge in [0.2, 0.25) is 0 Å². The third-order valence-electron chi connectivity index (χ3n) is 2.17. The smallest absolute Gasteiger partial charge is 0.257 e. The molecule has 1 aromatic carbocycles. The van der Waals surface area contributed by atoms with Gasteiger partial charge in [-0.2, -0.15) is 4.98 Å². The van der Waals surface area contributed by atoms with Gasteiger partial charge >= 0.3 is 0 Å². The fraction of sp³-hybridized carbons (Fsp3) is 0.273. The Labute approximate surface area is 103 Å². The van der Waals surface area contributed by atoms with Crippen molar-refractivity contribution in [1.82, 2.24) is 10.1 Å². The van der Waals surface area contributed by atoms with Crippen LogP contribution in [0.4, 0.5) is 0 Å². The van der Waals surface area contributed by atoms with Gasteiger partial charge in [-0.15, -0.1) is 11.6 Å². The number of aromatic nitrogens is 2. The second-order valence-corrected chi connectivity index (χ2v) is 4.30.